The molecule has 0 atom stereocenters. The molecule has 6 nitrogen and oxygen atoms in total. The quantitative estimate of drug-likeness (QED) is 0.541. The third-order valence-electron chi connectivity index (χ3n) is 4.72. The lowest BCUT2D eigenvalue weighted by Crippen LogP contribution is -2.43. The number of hydrogen-bond acceptors (Lipinski definition) is 5. The molecule has 6 heteroatoms. The van der Waals surface area contributed by atoms with Gasteiger partial charge in [-0.3, -0.25) is 0 Å². The topological polar surface area (TPSA) is 58.4 Å². The number of aromatic nitrogens is 3. The molecule has 1 saturated heterocycles. The van der Waals surface area contributed by atoms with Gasteiger partial charge in [-0.05, 0) is 37.1 Å². The molecule has 3 aromatic rings. The second-order valence-electron chi connectivity index (χ2n) is 7.40. The van der Waals surface area contributed by atoms with Gasteiger partial charge in [0.25, 0.3) is 0 Å². The van der Waals surface area contributed by atoms with E-state index >= 15 is 0 Å². The predicted molar refractivity (Wildman–Crippen MR) is 103 cm³/mol. The number of unbranched alkanes of at least 4 members (excludes halogenated alkanes) is 1. The Kier molecular flexibility index (Phi) is 5.36. The Morgan fingerprint density at radius 2 is 1.93 bits per heavy atom. The molecular formula is C21H25N3O3. The van der Waals surface area contributed by atoms with Crippen LogP contribution in [0.15, 0.2) is 48.5 Å². The number of benzene rings is 2. The number of para-hydroxylation sites is 1. The minimum Gasteiger partial charge on any atom is -0.494 e. The van der Waals surface area contributed by atoms with E-state index in [1.807, 2.05) is 53.2 Å². The van der Waals surface area contributed by atoms with Gasteiger partial charge in [0.05, 0.1) is 37.6 Å². The number of nitrogens with zero attached hydrogens (tertiary/aromatic N) is 3. The zero-order valence-corrected chi connectivity index (χ0v) is 15.6. The van der Waals surface area contributed by atoms with Gasteiger partial charge in [0.15, 0.2) is 0 Å². The molecule has 2 aromatic carbocycles. The summed E-state index contributed by atoms with van der Waals surface area (Å²) in [5, 5.41) is 8.46. The predicted octanol–water partition coefficient (Wildman–Crippen LogP) is 3.63. The molecule has 0 saturated carbocycles. The minimum atomic E-state index is 0.225. The summed E-state index contributed by atoms with van der Waals surface area (Å²) in [4.78, 5) is 0. The molecule has 4 rings (SSSR count). The highest BCUT2D eigenvalue weighted by atomic mass is 16.5. The summed E-state index contributed by atoms with van der Waals surface area (Å²) in [6.45, 7) is 6.04. The summed E-state index contributed by atoms with van der Waals surface area (Å²) >= 11 is 0. The smallest absolute Gasteiger partial charge is 0.121 e. The fraction of sp³-hybridized carbons (Fsp3) is 0.429. The first kappa shape index (κ1) is 17.9. The van der Waals surface area contributed by atoms with Crippen molar-refractivity contribution in [1.82, 2.24) is 15.0 Å². The molecule has 0 radical (unpaired) electrons. The number of ether oxygens (including phenoxy) is 3. The molecule has 0 N–H and O–H groups in total. The monoisotopic (exact) mass is 367 g/mol. The Balaban J connectivity index is 1.25. The highest BCUT2D eigenvalue weighted by Crippen LogP contribution is 2.26. The molecule has 142 valence electrons. The number of hydrogen-bond donors (Lipinski definition) is 0. The van der Waals surface area contributed by atoms with Gasteiger partial charge in [0.2, 0.25) is 0 Å². The van der Waals surface area contributed by atoms with E-state index in [1.54, 1.807) is 0 Å². The van der Waals surface area contributed by atoms with Crippen molar-refractivity contribution < 1.29 is 14.2 Å². The molecule has 0 aliphatic carbocycles. The zero-order valence-electron chi connectivity index (χ0n) is 15.6. The van der Waals surface area contributed by atoms with Crippen molar-refractivity contribution in [2.45, 2.75) is 19.8 Å². The van der Waals surface area contributed by atoms with Crippen molar-refractivity contribution in [1.29, 1.82) is 0 Å². The first-order valence-corrected chi connectivity index (χ1v) is 9.43. The first-order chi connectivity index (χ1) is 13.2. The second kappa shape index (κ2) is 8.06. The van der Waals surface area contributed by atoms with Gasteiger partial charge in [-0.15, -0.1) is 5.10 Å². The van der Waals surface area contributed by atoms with E-state index in [9.17, 15) is 0 Å². The molecule has 0 spiro atoms. The molecule has 0 unspecified atom stereocenters. The van der Waals surface area contributed by atoms with Crippen molar-refractivity contribution in [2.75, 3.05) is 33.0 Å². The molecule has 0 bridgehead atoms. The largest absolute Gasteiger partial charge is 0.494 e. The van der Waals surface area contributed by atoms with Crippen LogP contribution in [0.4, 0.5) is 0 Å². The maximum Gasteiger partial charge on any atom is 0.121 e. The van der Waals surface area contributed by atoms with Crippen LogP contribution in [0.2, 0.25) is 0 Å². The van der Waals surface area contributed by atoms with Gasteiger partial charge in [-0.2, -0.15) is 0 Å². The van der Waals surface area contributed by atoms with E-state index in [0.29, 0.717) is 6.61 Å². The lowest BCUT2D eigenvalue weighted by atomic mass is 9.90. The molecule has 1 aliphatic heterocycles. The van der Waals surface area contributed by atoms with Crippen LogP contribution in [0, 0.1) is 5.41 Å². The van der Waals surface area contributed by atoms with E-state index in [-0.39, 0.29) is 5.41 Å². The van der Waals surface area contributed by atoms with E-state index in [1.165, 1.54) is 0 Å². The Labute approximate surface area is 159 Å². The van der Waals surface area contributed by atoms with Crippen molar-refractivity contribution >= 4 is 11.0 Å². The van der Waals surface area contributed by atoms with E-state index in [4.69, 9.17) is 14.2 Å². The molecule has 2 heterocycles. The van der Waals surface area contributed by atoms with Crippen molar-refractivity contribution in [3.63, 3.8) is 0 Å². The highest BCUT2D eigenvalue weighted by molar-refractivity contribution is 5.75. The SMILES string of the molecule is CC1(COCCCCOc2cccc(-n3nnc4ccccc43)c2)COC1. The Morgan fingerprint density at radius 1 is 1.07 bits per heavy atom. The van der Waals surface area contributed by atoms with Crippen LogP contribution < -0.4 is 4.74 Å². The molecule has 1 aromatic heterocycles. The van der Waals surface area contributed by atoms with Crippen LogP contribution in [-0.4, -0.2) is 48.0 Å². The Hall–Kier alpha value is -2.44. The average Bonchev–Trinajstić information content (AvgIpc) is 3.10. The number of rotatable bonds is 9. The van der Waals surface area contributed by atoms with Crippen molar-refractivity contribution in [2.24, 2.45) is 5.41 Å². The van der Waals surface area contributed by atoms with Gasteiger partial charge < -0.3 is 14.2 Å². The van der Waals surface area contributed by atoms with Crippen LogP contribution in [-0.2, 0) is 9.47 Å². The Morgan fingerprint density at radius 3 is 2.78 bits per heavy atom. The average molecular weight is 367 g/mol. The third-order valence-corrected chi connectivity index (χ3v) is 4.72. The van der Waals surface area contributed by atoms with Crippen molar-refractivity contribution in [3.8, 4) is 11.4 Å². The summed E-state index contributed by atoms with van der Waals surface area (Å²) < 4.78 is 18.7. The molecular weight excluding hydrogens is 342 g/mol. The molecule has 1 fully saturated rings. The van der Waals surface area contributed by atoms with Gasteiger partial charge in [-0.25, -0.2) is 4.68 Å². The second-order valence-corrected chi connectivity index (χ2v) is 7.40. The lowest BCUT2D eigenvalue weighted by Gasteiger charge is -2.37. The van der Waals surface area contributed by atoms with Gasteiger partial charge in [-0.1, -0.05) is 30.3 Å². The van der Waals surface area contributed by atoms with E-state index in [2.05, 4.69) is 17.2 Å². The summed E-state index contributed by atoms with van der Waals surface area (Å²) in [5.41, 5.74) is 3.03. The van der Waals surface area contributed by atoms with Crippen LogP contribution in [0.5, 0.6) is 5.75 Å². The van der Waals surface area contributed by atoms with E-state index < -0.39 is 0 Å². The molecule has 27 heavy (non-hydrogen) atoms. The van der Waals surface area contributed by atoms with Gasteiger partial charge >= 0.3 is 0 Å². The summed E-state index contributed by atoms with van der Waals surface area (Å²) in [5.74, 6) is 0.840. The minimum absolute atomic E-state index is 0.225. The zero-order chi connectivity index (χ0) is 18.5. The highest BCUT2D eigenvalue weighted by Gasteiger charge is 2.33. The summed E-state index contributed by atoms with van der Waals surface area (Å²) in [6, 6.07) is 15.9. The van der Waals surface area contributed by atoms with Gasteiger partial charge in [0, 0.05) is 18.1 Å². The van der Waals surface area contributed by atoms with Crippen LogP contribution in [0.3, 0.4) is 0 Å². The van der Waals surface area contributed by atoms with E-state index in [0.717, 1.165) is 61.7 Å². The maximum absolute atomic E-state index is 5.90. The Bertz CT molecular complexity index is 889. The van der Waals surface area contributed by atoms with Crippen LogP contribution >= 0.6 is 0 Å². The fourth-order valence-electron chi connectivity index (χ4n) is 3.11. The lowest BCUT2D eigenvalue weighted by molar-refractivity contribution is -0.138. The van der Waals surface area contributed by atoms with Crippen LogP contribution in [0.1, 0.15) is 19.8 Å². The molecule has 0 amide bonds. The summed E-state index contributed by atoms with van der Waals surface area (Å²) in [6.07, 6.45) is 1.95. The molecule has 1 aliphatic rings. The van der Waals surface area contributed by atoms with Gasteiger partial charge in [0.1, 0.15) is 11.3 Å². The van der Waals surface area contributed by atoms with Crippen LogP contribution in [0.25, 0.3) is 16.7 Å². The fourth-order valence-corrected chi connectivity index (χ4v) is 3.11. The summed E-state index contributed by atoms with van der Waals surface area (Å²) in [7, 11) is 0. The third kappa shape index (κ3) is 4.28. The number of fused-ring (bicyclic) bond motifs is 1. The maximum atomic E-state index is 5.90. The normalized spacial score (nSPS) is 15.6. The van der Waals surface area contributed by atoms with Crippen molar-refractivity contribution in [3.05, 3.63) is 48.5 Å². The standard InChI is InChI=1S/C21H25N3O3/c1-21(15-26-16-21)14-25-11-4-5-12-27-18-8-6-7-17(13-18)24-20-10-3-2-9-19(20)22-23-24/h2-3,6-10,13H,4-5,11-12,14-16H2,1H3. The first-order valence-electron chi connectivity index (χ1n) is 9.43.